The van der Waals surface area contributed by atoms with Gasteiger partial charge in [0.05, 0.1) is 0 Å². The van der Waals surface area contributed by atoms with Crippen molar-refractivity contribution >= 4 is 17.5 Å². The number of carbonyl (C=O) groups is 1. The Balaban J connectivity index is 1.88. The molecule has 2 aromatic carbocycles. The molecule has 1 amide bonds. The number of hydrogen-bond acceptors (Lipinski definition) is 2. The summed E-state index contributed by atoms with van der Waals surface area (Å²) in [6.45, 7) is 4.23. The standard InChI is InChI=1S/C17H18ClNO2/c1-12-5-3-6-14(9-12)11-19-17(20)13(2)21-16-8-4-7-15(18)10-16/h3-10,13H,11H2,1-2H3,(H,19,20)/t13-/m1/s1. The van der Waals surface area contributed by atoms with Crippen molar-refractivity contribution in [2.24, 2.45) is 0 Å². The highest BCUT2D eigenvalue weighted by Crippen LogP contribution is 2.18. The lowest BCUT2D eigenvalue weighted by Crippen LogP contribution is -2.35. The van der Waals surface area contributed by atoms with Crippen LogP contribution in [0.3, 0.4) is 0 Å². The minimum atomic E-state index is -0.576. The molecule has 4 heteroatoms. The van der Waals surface area contributed by atoms with E-state index in [-0.39, 0.29) is 5.91 Å². The van der Waals surface area contributed by atoms with Gasteiger partial charge in [0.25, 0.3) is 5.91 Å². The average molecular weight is 304 g/mol. The second kappa shape index (κ2) is 7.14. The zero-order valence-corrected chi connectivity index (χ0v) is 12.9. The Morgan fingerprint density at radius 2 is 2.00 bits per heavy atom. The molecule has 2 rings (SSSR count). The topological polar surface area (TPSA) is 38.3 Å². The molecule has 0 aliphatic rings. The maximum atomic E-state index is 12.0. The van der Waals surface area contributed by atoms with Crippen LogP contribution in [0.25, 0.3) is 0 Å². The van der Waals surface area contributed by atoms with Crippen LogP contribution in [0.1, 0.15) is 18.1 Å². The predicted molar refractivity (Wildman–Crippen MR) is 84.6 cm³/mol. The van der Waals surface area contributed by atoms with Gasteiger partial charge in [-0.15, -0.1) is 0 Å². The Hall–Kier alpha value is -2.00. The van der Waals surface area contributed by atoms with Gasteiger partial charge in [-0.25, -0.2) is 0 Å². The smallest absolute Gasteiger partial charge is 0.261 e. The first kappa shape index (κ1) is 15.4. The van der Waals surface area contributed by atoms with Gasteiger partial charge in [0.1, 0.15) is 5.75 Å². The van der Waals surface area contributed by atoms with E-state index in [0.717, 1.165) is 5.56 Å². The Kier molecular flexibility index (Phi) is 5.23. The van der Waals surface area contributed by atoms with Crippen LogP contribution in [0.15, 0.2) is 48.5 Å². The van der Waals surface area contributed by atoms with Crippen molar-refractivity contribution in [2.75, 3.05) is 0 Å². The lowest BCUT2D eigenvalue weighted by Gasteiger charge is -2.15. The van der Waals surface area contributed by atoms with Gasteiger partial charge < -0.3 is 10.1 Å². The molecule has 0 saturated heterocycles. The van der Waals surface area contributed by atoms with Gasteiger partial charge in [0.2, 0.25) is 0 Å². The maximum absolute atomic E-state index is 12.0. The molecule has 0 fully saturated rings. The van der Waals surface area contributed by atoms with Crippen molar-refractivity contribution < 1.29 is 9.53 Å². The lowest BCUT2D eigenvalue weighted by molar-refractivity contribution is -0.127. The maximum Gasteiger partial charge on any atom is 0.261 e. The number of aryl methyl sites for hydroxylation is 1. The Labute approximate surface area is 129 Å². The summed E-state index contributed by atoms with van der Waals surface area (Å²) in [6, 6.07) is 15.0. The normalized spacial score (nSPS) is 11.8. The van der Waals surface area contributed by atoms with E-state index in [1.165, 1.54) is 5.56 Å². The van der Waals surface area contributed by atoms with Crippen LogP contribution in [0.2, 0.25) is 5.02 Å². The van der Waals surface area contributed by atoms with Crippen LogP contribution in [0, 0.1) is 6.92 Å². The monoisotopic (exact) mass is 303 g/mol. The molecule has 1 atom stereocenters. The molecule has 0 saturated carbocycles. The third-order valence-electron chi connectivity index (χ3n) is 3.03. The summed E-state index contributed by atoms with van der Waals surface area (Å²) in [5, 5.41) is 3.45. The fourth-order valence-corrected chi connectivity index (χ4v) is 2.13. The molecule has 2 aromatic rings. The molecule has 0 aliphatic heterocycles. The second-order valence-electron chi connectivity index (χ2n) is 4.92. The zero-order chi connectivity index (χ0) is 15.2. The molecular formula is C17H18ClNO2. The number of hydrogen-bond donors (Lipinski definition) is 1. The molecule has 0 aliphatic carbocycles. The van der Waals surface area contributed by atoms with Gasteiger partial charge in [0, 0.05) is 11.6 Å². The number of carbonyl (C=O) groups excluding carboxylic acids is 1. The van der Waals surface area contributed by atoms with Gasteiger partial charge in [-0.05, 0) is 37.6 Å². The molecule has 0 unspecified atom stereocenters. The van der Waals surface area contributed by atoms with E-state index in [9.17, 15) is 4.79 Å². The van der Waals surface area contributed by atoms with E-state index < -0.39 is 6.10 Å². The molecule has 3 nitrogen and oxygen atoms in total. The fourth-order valence-electron chi connectivity index (χ4n) is 1.95. The number of amides is 1. The van der Waals surface area contributed by atoms with Crippen molar-refractivity contribution in [3.8, 4) is 5.75 Å². The van der Waals surface area contributed by atoms with Crippen LogP contribution in [0.4, 0.5) is 0 Å². The van der Waals surface area contributed by atoms with Crippen LogP contribution in [-0.2, 0) is 11.3 Å². The summed E-state index contributed by atoms with van der Waals surface area (Å²) in [5.74, 6) is 0.428. The van der Waals surface area contributed by atoms with E-state index in [0.29, 0.717) is 17.3 Å². The predicted octanol–water partition coefficient (Wildman–Crippen LogP) is 3.73. The van der Waals surface area contributed by atoms with Crippen molar-refractivity contribution in [1.82, 2.24) is 5.32 Å². The van der Waals surface area contributed by atoms with Gasteiger partial charge >= 0.3 is 0 Å². The first-order chi connectivity index (χ1) is 10.0. The van der Waals surface area contributed by atoms with E-state index in [2.05, 4.69) is 5.32 Å². The molecule has 0 bridgehead atoms. The van der Waals surface area contributed by atoms with E-state index in [1.807, 2.05) is 31.2 Å². The number of benzene rings is 2. The molecule has 21 heavy (non-hydrogen) atoms. The summed E-state index contributed by atoms with van der Waals surface area (Å²) in [6.07, 6.45) is -0.576. The Morgan fingerprint density at radius 1 is 1.24 bits per heavy atom. The summed E-state index contributed by atoms with van der Waals surface area (Å²) < 4.78 is 5.57. The Bertz CT molecular complexity index is 628. The zero-order valence-electron chi connectivity index (χ0n) is 12.1. The second-order valence-corrected chi connectivity index (χ2v) is 5.36. The highest BCUT2D eigenvalue weighted by molar-refractivity contribution is 6.30. The van der Waals surface area contributed by atoms with Crippen LogP contribution < -0.4 is 10.1 Å². The number of ether oxygens (including phenoxy) is 1. The summed E-state index contributed by atoms with van der Waals surface area (Å²) in [5.41, 5.74) is 2.24. The summed E-state index contributed by atoms with van der Waals surface area (Å²) in [4.78, 5) is 12.0. The number of rotatable bonds is 5. The van der Waals surface area contributed by atoms with Crippen LogP contribution in [-0.4, -0.2) is 12.0 Å². The minimum absolute atomic E-state index is 0.156. The molecule has 0 spiro atoms. The van der Waals surface area contributed by atoms with E-state index in [1.54, 1.807) is 31.2 Å². The highest BCUT2D eigenvalue weighted by Gasteiger charge is 2.14. The van der Waals surface area contributed by atoms with Crippen molar-refractivity contribution in [3.05, 3.63) is 64.7 Å². The van der Waals surface area contributed by atoms with Crippen molar-refractivity contribution in [1.29, 1.82) is 0 Å². The molecule has 110 valence electrons. The number of nitrogens with one attached hydrogen (secondary N) is 1. The lowest BCUT2D eigenvalue weighted by atomic mass is 10.1. The molecule has 0 radical (unpaired) electrons. The van der Waals surface area contributed by atoms with Crippen molar-refractivity contribution in [3.63, 3.8) is 0 Å². The minimum Gasteiger partial charge on any atom is -0.481 e. The molecular weight excluding hydrogens is 286 g/mol. The highest BCUT2D eigenvalue weighted by atomic mass is 35.5. The van der Waals surface area contributed by atoms with Gasteiger partial charge in [0.15, 0.2) is 6.10 Å². The van der Waals surface area contributed by atoms with Crippen molar-refractivity contribution in [2.45, 2.75) is 26.5 Å². The van der Waals surface area contributed by atoms with Gasteiger partial charge in [-0.1, -0.05) is 47.5 Å². The van der Waals surface area contributed by atoms with E-state index >= 15 is 0 Å². The SMILES string of the molecule is Cc1cccc(CNC(=O)[C@@H](C)Oc2cccc(Cl)c2)c1. The van der Waals surface area contributed by atoms with E-state index in [4.69, 9.17) is 16.3 Å². The quantitative estimate of drug-likeness (QED) is 0.914. The third-order valence-corrected chi connectivity index (χ3v) is 3.26. The van der Waals surface area contributed by atoms with Gasteiger partial charge in [-0.2, -0.15) is 0 Å². The van der Waals surface area contributed by atoms with Crippen LogP contribution in [0.5, 0.6) is 5.75 Å². The number of halogens is 1. The largest absolute Gasteiger partial charge is 0.481 e. The fraction of sp³-hybridized carbons (Fsp3) is 0.235. The molecule has 0 aromatic heterocycles. The van der Waals surface area contributed by atoms with Crippen LogP contribution >= 0.6 is 11.6 Å². The summed E-state index contributed by atoms with van der Waals surface area (Å²) >= 11 is 5.88. The first-order valence-corrected chi connectivity index (χ1v) is 7.18. The third kappa shape index (κ3) is 4.80. The van der Waals surface area contributed by atoms with Gasteiger partial charge in [-0.3, -0.25) is 4.79 Å². The average Bonchev–Trinajstić information content (AvgIpc) is 2.45. The first-order valence-electron chi connectivity index (χ1n) is 6.80. The Morgan fingerprint density at radius 3 is 2.71 bits per heavy atom. The summed E-state index contributed by atoms with van der Waals surface area (Å²) in [7, 11) is 0. The molecule has 0 heterocycles. The molecule has 1 N–H and O–H groups in total.